The molecule has 1 heterocycles. The Balaban J connectivity index is 2.15. The van der Waals surface area contributed by atoms with Crippen molar-refractivity contribution in [3.05, 3.63) is 46.4 Å². The lowest BCUT2D eigenvalue weighted by Crippen LogP contribution is -2.11. The summed E-state index contributed by atoms with van der Waals surface area (Å²) in [5, 5.41) is 0.579. The molecule has 1 aromatic heterocycles. The summed E-state index contributed by atoms with van der Waals surface area (Å²) in [5.41, 5.74) is 4.63. The van der Waals surface area contributed by atoms with Crippen molar-refractivity contribution in [2.45, 2.75) is 45.4 Å². The number of benzene rings is 1. The van der Waals surface area contributed by atoms with Crippen LogP contribution in [-0.2, 0) is 6.42 Å². The van der Waals surface area contributed by atoms with Gasteiger partial charge in [0.05, 0.1) is 5.69 Å². The number of nitrogens with zero attached hydrogens (tertiary/aromatic N) is 2. The lowest BCUT2D eigenvalue weighted by molar-refractivity contribution is 0.420. The van der Waals surface area contributed by atoms with Crippen LogP contribution in [0.15, 0.2) is 24.3 Å². The maximum absolute atomic E-state index is 6.28. The third-order valence-corrected chi connectivity index (χ3v) is 4.58. The predicted molar refractivity (Wildman–Crippen MR) is 83.2 cm³/mol. The summed E-state index contributed by atoms with van der Waals surface area (Å²) in [5.74, 6) is 1.50. The van der Waals surface area contributed by atoms with Crippen LogP contribution in [0.25, 0.3) is 11.3 Å². The summed E-state index contributed by atoms with van der Waals surface area (Å²) >= 11 is 6.28. The van der Waals surface area contributed by atoms with E-state index in [0.29, 0.717) is 11.1 Å². The first kappa shape index (κ1) is 13.6. The van der Waals surface area contributed by atoms with E-state index in [0.717, 1.165) is 23.5 Å². The van der Waals surface area contributed by atoms with Crippen LogP contribution in [0.5, 0.6) is 0 Å². The highest BCUT2D eigenvalue weighted by molar-refractivity contribution is 6.30. The van der Waals surface area contributed by atoms with Crippen molar-refractivity contribution in [2.24, 2.45) is 0 Å². The molecule has 20 heavy (non-hydrogen) atoms. The highest BCUT2D eigenvalue weighted by atomic mass is 35.5. The van der Waals surface area contributed by atoms with E-state index in [1.165, 1.54) is 30.4 Å². The van der Waals surface area contributed by atoms with Gasteiger partial charge in [-0.2, -0.15) is 0 Å². The summed E-state index contributed by atoms with van der Waals surface area (Å²) in [7, 11) is 0. The van der Waals surface area contributed by atoms with Gasteiger partial charge in [-0.1, -0.05) is 49.2 Å². The Morgan fingerprint density at radius 1 is 1.20 bits per heavy atom. The van der Waals surface area contributed by atoms with Crippen molar-refractivity contribution in [1.29, 1.82) is 0 Å². The zero-order valence-corrected chi connectivity index (χ0v) is 12.7. The molecule has 0 aliphatic heterocycles. The van der Waals surface area contributed by atoms with Gasteiger partial charge in [0, 0.05) is 17.5 Å². The number of aryl methyl sites for hydroxylation is 1. The van der Waals surface area contributed by atoms with Gasteiger partial charge in [0.2, 0.25) is 0 Å². The SMILES string of the molecule is CCc1nc(Cl)c(C)c(-c2ccccc2C2CCC2)n1. The Bertz CT molecular complexity index is 633. The molecule has 3 heteroatoms. The standard InChI is InChI=1S/C17H19ClN2/c1-3-15-19-16(11(2)17(18)20-15)14-10-5-4-9-13(14)12-7-6-8-12/h4-5,9-10,12H,3,6-8H2,1-2H3. The predicted octanol–water partition coefficient (Wildman–Crippen LogP) is 4.94. The van der Waals surface area contributed by atoms with Crippen molar-refractivity contribution in [3.63, 3.8) is 0 Å². The van der Waals surface area contributed by atoms with Crippen LogP contribution in [0.2, 0.25) is 5.15 Å². The molecule has 2 aromatic rings. The van der Waals surface area contributed by atoms with E-state index < -0.39 is 0 Å². The van der Waals surface area contributed by atoms with Gasteiger partial charge in [0.25, 0.3) is 0 Å². The van der Waals surface area contributed by atoms with Crippen molar-refractivity contribution >= 4 is 11.6 Å². The van der Waals surface area contributed by atoms with Gasteiger partial charge in [-0.25, -0.2) is 9.97 Å². The molecule has 0 N–H and O–H groups in total. The van der Waals surface area contributed by atoms with Gasteiger partial charge in [0.1, 0.15) is 11.0 Å². The first-order chi connectivity index (χ1) is 9.70. The Kier molecular flexibility index (Phi) is 3.75. The molecule has 1 aromatic carbocycles. The van der Waals surface area contributed by atoms with Crippen LogP contribution < -0.4 is 0 Å². The van der Waals surface area contributed by atoms with Crippen molar-refractivity contribution in [3.8, 4) is 11.3 Å². The summed E-state index contributed by atoms with van der Waals surface area (Å²) in [4.78, 5) is 9.07. The first-order valence-electron chi connectivity index (χ1n) is 7.33. The quantitative estimate of drug-likeness (QED) is 0.747. The second kappa shape index (κ2) is 5.53. The van der Waals surface area contributed by atoms with E-state index in [4.69, 9.17) is 16.6 Å². The fraction of sp³-hybridized carbons (Fsp3) is 0.412. The van der Waals surface area contributed by atoms with E-state index in [9.17, 15) is 0 Å². The fourth-order valence-corrected chi connectivity index (χ4v) is 2.93. The van der Waals surface area contributed by atoms with E-state index >= 15 is 0 Å². The summed E-state index contributed by atoms with van der Waals surface area (Å²) in [6.07, 6.45) is 4.71. The van der Waals surface area contributed by atoms with Crippen LogP contribution in [0, 0.1) is 6.92 Å². The summed E-state index contributed by atoms with van der Waals surface area (Å²) in [6.45, 7) is 4.07. The highest BCUT2D eigenvalue weighted by Crippen LogP contribution is 2.41. The monoisotopic (exact) mass is 286 g/mol. The van der Waals surface area contributed by atoms with E-state index in [-0.39, 0.29) is 0 Å². The molecule has 0 spiro atoms. The Morgan fingerprint density at radius 3 is 2.60 bits per heavy atom. The molecule has 104 valence electrons. The molecule has 3 rings (SSSR count). The van der Waals surface area contributed by atoms with Gasteiger partial charge in [0.15, 0.2) is 0 Å². The molecule has 1 aliphatic rings. The first-order valence-corrected chi connectivity index (χ1v) is 7.70. The average Bonchev–Trinajstić information content (AvgIpc) is 2.41. The maximum Gasteiger partial charge on any atom is 0.136 e. The minimum Gasteiger partial charge on any atom is -0.233 e. The van der Waals surface area contributed by atoms with Gasteiger partial charge >= 0.3 is 0 Å². The van der Waals surface area contributed by atoms with Crippen molar-refractivity contribution in [1.82, 2.24) is 9.97 Å². The highest BCUT2D eigenvalue weighted by Gasteiger charge is 2.23. The molecule has 1 fully saturated rings. The van der Waals surface area contributed by atoms with Crippen LogP contribution in [0.3, 0.4) is 0 Å². The number of rotatable bonds is 3. The van der Waals surface area contributed by atoms with Crippen LogP contribution >= 0.6 is 11.6 Å². The molecule has 1 saturated carbocycles. The van der Waals surface area contributed by atoms with E-state index in [2.05, 4.69) is 36.2 Å². The van der Waals surface area contributed by atoms with Gasteiger partial charge < -0.3 is 0 Å². The fourth-order valence-electron chi connectivity index (χ4n) is 2.74. The maximum atomic E-state index is 6.28. The lowest BCUT2D eigenvalue weighted by atomic mass is 9.77. The summed E-state index contributed by atoms with van der Waals surface area (Å²) in [6, 6.07) is 8.60. The molecule has 0 atom stereocenters. The number of hydrogen-bond acceptors (Lipinski definition) is 2. The minimum absolute atomic E-state index is 0.579. The molecule has 0 bridgehead atoms. The zero-order valence-electron chi connectivity index (χ0n) is 12.0. The third-order valence-electron chi connectivity index (χ3n) is 4.21. The average molecular weight is 287 g/mol. The van der Waals surface area contributed by atoms with E-state index in [1.807, 2.05) is 6.92 Å². The smallest absolute Gasteiger partial charge is 0.136 e. The summed E-state index contributed by atoms with van der Waals surface area (Å²) < 4.78 is 0. The molecule has 2 nitrogen and oxygen atoms in total. The molecular weight excluding hydrogens is 268 g/mol. The zero-order chi connectivity index (χ0) is 14.1. The van der Waals surface area contributed by atoms with Crippen LogP contribution in [-0.4, -0.2) is 9.97 Å². The largest absolute Gasteiger partial charge is 0.233 e. The molecule has 0 amide bonds. The van der Waals surface area contributed by atoms with Gasteiger partial charge in [-0.3, -0.25) is 0 Å². The van der Waals surface area contributed by atoms with Gasteiger partial charge in [-0.15, -0.1) is 0 Å². The Hall–Kier alpha value is -1.41. The van der Waals surface area contributed by atoms with Crippen molar-refractivity contribution in [2.75, 3.05) is 0 Å². The van der Waals surface area contributed by atoms with Crippen LogP contribution in [0.4, 0.5) is 0 Å². The normalized spacial score (nSPS) is 15.2. The van der Waals surface area contributed by atoms with E-state index in [1.54, 1.807) is 0 Å². The van der Waals surface area contributed by atoms with Crippen molar-refractivity contribution < 1.29 is 0 Å². The topological polar surface area (TPSA) is 25.8 Å². The Morgan fingerprint density at radius 2 is 1.95 bits per heavy atom. The second-order valence-electron chi connectivity index (χ2n) is 5.47. The Labute approximate surface area is 125 Å². The van der Waals surface area contributed by atoms with Crippen LogP contribution in [0.1, 0.15) is 49.1 Å². The minimum atomic E-state index is 0.579. The number of halogens is 1. The molecule has 0 radical (unpaired) electrons. The lowest BCUT2D eigenvalue weighted by Gasteiger charge is -2.28. The number of hydrogen-bond donors (Lipinski definition) is 0. The third kappa shape index (κ3) is 2.33. The molecule has 0 saturated heterocycles. The number of aromatic nitrogens is 2. The van der Waals surface area contributed by atoms with Gasteiger partial charge in [-0.05, 0) is 31.2 Å². The molecule has 0 unspecified atom stereocenters. The molecule has 1 aliphatic carbocycles. The molecular formula is C17H19ClN2. The second-order valence-corrected chi connectivity index (χ2v) is 5.83.